The van der Waals surface area contributed by atoms with E-state index in [9.17, 15) is 18.0 Å². The molecule has 0 radical (unpaired) electrons. The van der Waals surface area contributed by atoms with Crippen molar-refractivity contribution < 1.29 is 22.7 Å². The van der Waals surface area contributed by atoms with Crippen molar-refractivity contribution in [2.75, 3.05) is 5.32 Å². The first-order valence-electron chi connectivity index (χ1n) is 5.76. The van der Waals surface area contributed by atoms with E-state index in [0.717, 1.165) is 16.6 Å². The number of benzene rings is 2. The van der Waals surface area contributed by atoms with E-state index in [2.05, 4.69) is 26.0 Å². The predicted molar refractivity (Wildman–Crippen MR) is 75.2 cm³/mol. The first-order chi connectivity index (χ1) is 9.83. The Labute approximate surface area is 126 Å². The summed E-state index contributed by atoms with van der Waals surface area (Å²) >= 11 is 3.25. The fourth-order valence-electron chi connectivity index (χ4n) is 1.57. The Balaban J connectivity index is 2.05. The van der Waals surface area contributed by atoms with Crippen LogP contribution >= 0.6 is 15.9 Å². The third kappa shape index (κ3) is 4.78. The van der Waals surface area contributed by atoms with Crippen LogP contribution in [0.2, 0.25) is 0 Å². The zero-order valence-corrected chi connectivity index (χ0v) is 12.0. The van der Waals surface area contributed by atoms with Crippen LogP contribution in [0.5, 0.6) is 5.75 Å². The van der Waals surface area contributed by atoms with Gasteiger partial charge in [-0.05, 0) is 42.5 Å². The Hall–Kier alpha value is -2.02. The molecule has 0 aromatic heterocycles. The summed E-state index contributed by atoms with van der Waals surface area (Å²) < 4.78 is 40.5. The summed E-state index contributed by atoms with van der Waals surface area (Å²) in [6.45, 7) is 0. The second-order valence-electron chi connectivity index (χ2n) is 4.04. The number of hydrogen-bond donors (Lipinski definition) is 1. The third-order valence-corrected chi connectivity index (χ3v) is 2.93. The van der Waals surface area contributed by atoms with Gasteiger partial charge in [0.15, 0.2) is 0 Å². The minimum atomic E-state index is -4.74. The van der Waals surface area contributed by atoms with E-state index < -0.39 is 6.36 Å². The maximum Gasteiger partial charge on any atom is 0.573 e. The molecule has 0 spiro atoms. The first kappa shape index (κ1) is 15.4. The number of amides is 1. The Bertz CT molecular complexity index is 641. The number of halogens is 4. The van der Waals surface area contributed by atoms with E-state index in [0.29, 0.717) is 11.3 Å². The highest BCUT2D eigenvalue weighted by molar-refractivity contribution is 9.10. The van der Waals surface area contributed by atoms with Crippen molar-refractivity contribution in [3.63, 3.8) is 0 Å². The molecule has 110 valence electrons. The summed E-state index contributed by atoms with van der Waals surface area (Å²) in [4.78, 5) is 11.9. The molecule has 0 atom stereocenters. The van der Waals surface area contributed by atoms with Gasteiger partial charge in [0.2, 0.25) is 0 Å². The van der Waals surface area contributed by atoms with Gasteiger partial charge in [-0.15, -0.1) is 13.2 Å². The molecule has 0 unspecified atom stereocenters. The van der Waals surface area contributed by atoms with Crippen molar-refractivity contribution in [2.45, 2.75) is 6.36 Å². The Morgan fingerprint density at radius 2 is 1.76 bits per heavy atom. The quantitative estimate of drug-likeness (QED) is 0.869. The van der Waals surface area contributed by atoms with E-state index >= 15 is 0 Å². The van der Waals surface area contributed by atoms with Crippen molar-refractivity contribution in [1.82, 2.24) is 0 Å². The third-order valence-electron chi connectivity index (χ3n) is 2.43. The first-order valence-corrected chi connectivity index (χ1v) is 6.55. The van der Waals surface area contributed by atoms with Crippen LogP contribution in [-0.2, 0) is 0 Å². The Morgan fingerprint density at radius 3 is 2.33 bits per heavy atom. The smallest absolute Gasteiger partial charge is 0.406 e. The van der Waals surface area contributed by atoms with Crippen LogP contribution in [0.1, 0.15) is 10.4 Å². The molecule has 0 saturated carbocycles. The highest BCUT2D eigenvalue weighted by Gasteiger charge is 2.30. The number of carbonyl (C=O) groups excluding carboxylic acids is 1. The van der Waals surface area contributed by atoms with Gasteiger partial charge in [-0.25, -0.2) is 0 Å². The molecule has 2 aromatic rings. The van der Waals surface area contributed by atoms with E-state index in [-0.39, 0.29) is 11.7 Å². The monoisotopic (exact) mass is 359 g/mol. The summed E-state index contributed by atoms with van der Waals surface area (Å²) in [5, 5.41) is 2.58. The average Bonchev–Trinajstić information content (AvgIpc) is 2.39. The fourth-order valence-corrected chi connectivity index (χ4v) is 1.97. The number of ether oxygens (including phenoxy) is 1. The number of alkyl halides is 3. The van der Waals surface area contributed by atoms with E-state index in [4.69, 9.17) is 0 Å². The Morgan fingerprint density at radius 1 is 1.10 bits per heavy atom. The fraction of sp³-hybridized carbons (Fsp3) is 0.0714. The van der Waals surface area contributed by atoms with Crippen LogP contribution in [0.15, 0.2) is 53.0 Å². The molecule has 0 saturated heterocycles. The molecule has 0 aliphatic rings. The van der Waals surface area contributed by atoms with Gasteiger partial charge >= 0.3 is 6.36 Å². The van der Waals surface area contributed by atoms with Gasteiger partial charge < -0.3 is 10.1 Å². The maximum atomic E-state index is 12.0. The molecule has 2 rings (SSSR count). The summed E-state index contributed by atoms with van der Waals surface area (Å²) in [7, 11) is 0. The number of nitrogens with one attached hydrogen (secondary N) is 1. The highest BCUT2D eigenvalue weighted by atomic mass is 79.9. The van der Waals surface area contributed by atoms with Crippen molar-refractivity contribution in [1.29, 1.82) is 0 Å². The van der Waals surface area contributed by atoms with Gasteiger partial charge in [-0.1, -0.05) is 22.0 Å². The lowest BCUT2D eigenvalue weighted by Gasteiger charge is -2.10. The predicted octanol–water partition coefficient (Wildman–Crippen LogP) is 4.60. The van der Waals surface area contributed by atoms with Crippen molar-refractivity contribution >= 4 is 27.5 Å². The summed E-state index contributed by atoms with van der Waals surface area (Å²) in [5.41, 5.74) is 0.800. The van der Waals surface area contributed by atoms with Gasteiger partial charge in [0.25, 0.3) is 5.91 Å². The van der Waals surface area contributed by atoms with Crippen LogP contribution in [0, 0.1) is 0 Å². The molecule has 7 heteroatoms. The molecule has 1 N–H and O–H groups in total. The van der Waals surface area contributed by atoms with Crippen LogP contribution < -0.4 is 10.1 Å². The normalized spacial score (nSPS) is 11.0. The van der Waals surface area contributed by atoms with Gasteiger partial charge in [-0.2, -0.15) is 0 Å². The number of rotatable bonds is 3. The van der Waals surface area contributed by atoms with E-state index in [1.165, 1.54) is 12.1 Å². The lowest BCUT2D eigenvalue weighted by atomic mass is 10.2. The zero-order valence-electron chi connectivity index (χ0n) is 10.4. The molecular weight excluding hydrogens is 351 g/mol. The largest absolute Gasteiger partial charge is 0.573 e. The maximum absolute atomic E-state index is 12.0. The standard InChI is InChI=1S/C14H9BrF3NO2/c15-10-3-1-2-9(8-10)13(20)19-11-4-6-12(7-5-11)21-14(16,17)18/h1-8H,(H,19,20). The minimum absolute atomic E-state index is 0.344. The van der Waals surface area contributed by atoms with Crippen molar-refractivity contribution in [2.24, 2.45) is 0 Å². The van der Waals surface area contributed by atoms with Gasteiger partial charge in [-0.3, -0.25) is 4.79 Å². The lowest BCUT2D eigenvalue weighted by Crippen LogP contribution is -2.17. The van der Waals surface area contributed by atoms with Gasteiger partial charge in [0.1, 0.15) is 5.75 Å². The number of anilines is 1. The molecule has 2 aromatic carbocycles. The summed E-state index contributed by atoms with van der Waals surface area (Å²) in [6, 6.07) is 11.7. The molecule has 3 nitrogen and oxygen atoms in total. The van der Waals surface area contributed by atoms with Gasteiger partial charge in [0.05, 0.1) is 0 Å². The average molecular weight is 360 g/mol. The topological polar surface area (TPSA) is 38.3 Å². The zero-order chi connectivity index (χ0) is 15.5. The van der Waals surface area contributed by atoms with Crippen LogP contribution in [0.3, 0.4) is 0 Å². The lowest BCUT2D eigenvalue weighted by molar-refractivity contribution is -0.274. The minimum Gasteiger partial charge on any atom is -0.406 e. The molecule has 0 heterocycles. The van der Waals surface area contributed by atoms with Crippen molar-refractivity contribution in [3.05, 3.63) is 58.6 Å². The molecule has 0 aliphatic heterocycles. The summed E-state index contributed by atoms with van der Waals surface area (Å²) in [6.07, 6.45) is -4.74. The number of carbonyl (C=O) groups is 1. The van der Waals surface area contributed by atoms with Crippen LogP contribution in [0.25, 0.3) is 0 Å². The van der Waals surface area contributed by atoms with Crippen LogP contribution in [-0.4, -0.2) is 12.3 Å². The second kappa shape index (κ2) is 6.17. The second-order valence-corrected chi connectivity index (χ2v) is 4.95. The Kier molecular flexibility index (Phi) is 4.52. The van der Waals surface area contributed by atoms with Crippen molar-refractivity contribution in [3.8, 4) is 5.75 Å². The molecule has 0 fully saturated rings. The highest BCUT2D eigenvalue weighted by Crippen LogP contribution is 2.24. The molecular formula is C14H9BrF3NO2. The molecule has 1 amide bonds. The SMILES string of the molecule is O=C(Nc1ccc(OC(F)(F)F)cc1)c1cccc(Br)c1. The summed E-state index contributed by atoms with van der Waals surface area (Å²) in [5.74, 6) is -0.705. The van der Waals surface area contributed by atoms with E-state index in [1.807, 2.05) is 0 Å². The molecule has 0 aliphatic carbocycles. The molecule has 21 heavy (non-hydrogen) atoms. The molecule has 0 bridgehead atoms. The van der Waals surface area contributed by atoms with Gasteiger partial charge in [0, 0.05) is 15.7 Å². The van der Waals surface area contributed by atoms with E-state index in [1.54, 1.807) is 24.3 Å². The number of hydrogen-bond acceptors (Lipinski definition) is 2. The van der Waals surface area contributed by atoms with Crippen LogP contribution in [0.4, 0.5) is 18.9 Å².